The van der Waals surface area contributed by atoms with Crippen LogP contribution >= 0.6 is 11.8 Å². The van der Waals surface area contributed by atoms with Crippen molar-refractivity contribution in [2.75, 3.05) is 13.1 Å². The first kappa shape index (κ1) is 12.4. The van der Waals surface area contributed by atoms with Gasteiger partial charge in [0, 0.05) is 32.0 Å². The highest BCUT2D eigenvalue weighted by atomic mass is 32.2. The average Bonchev–Trinajstić information content (AvgIpc) is 2.67. The van der Waals surface area contributed by atoms with Crippen LogP contribution in [0.3, 0.4) is 0 Å². The zero-order valence-electron chi connectivity index (χ0n) is 10.1. The van der Waals surface area contributed by atoms with Crippen LogP contribution in [0.5, 0.6) is 0 Å². The Balaban J connectivity index is 2.18. The van der Waals surface area contributed by atoms with Crippen molar-refractivity contribution in [3.63, 3.8) is 0 Å². The second-order valence-corrected chi connectivity index (χ2v) is 5.54. The number of thioether (sulfide) groups is 1. The predicted molar refractivity (Wildman–Crippen MR) is 70.7 cm³/mol. The Morgan fingerprint density at radius 1 is 1.71 bits per heavy atom. The fraction of sp³-hybridized carbons (Fsp3) is 0.500. The van der Waals surface area contributed by atoms with E-state index in [0.717, 1.165) is 25.2 Å². The van der Waals surface area contributed by atoms with Crippen molar-refractivity contribution in [3.8, 4) is 0 Å². The predicted octanol–water partition coefficient (Wildman–Crippen LogP) is 1.45. The molecule has 1 aliphatic rings. The summed E-state index contributed by atoms with van der Waals surface area (Å²) < 4.78 is 1.84. The summed E-state index contributed by atoms with van der Waals surface area (Å²) in [6.45, 7) is 3.47. The molecule has 1 aromatic rings. The third-order valence-corrected chi connectivity index (χ3v) is 3.98. The number of hydrogen-bond acceptors (Lipinski definition) is 4. The number of nitrogens with one attached hydrogen (secondary N) is 1. The van der Waals surface area contributed by atoms with E-state index in [0.29, 0.717) is 5.25 Å². The van der Waals surface area contributed by atoms with E-state index in [4.69, 9.17) is 0 Å². The Bertz CT molecular complexity index is 439. The molecule has 2 heterocycles. The maximum Gasteiger partial charge on any atom is 0.186 e. The summed E-state index contributed by atoms with van der Waals surface area (Å²) in [7, 11) is 1.93. The molecule has 0 spiro atoms. The molecule has 0 saturated carbocycles. The topological polar surface area (TPSA) is 46.9 Å². The van der Waals surface area contributed by atoms with E-state index < -0.39 is 0 Å². The molecule has 0 bridgehead atoms. The zero-order valence-corrected chi connectivity index (χ0v) is 11.0. The van der Waals surface area contributed by atoms with Crippen LogP contribution < -0.4 is 5.32 Å². The molecule has 1 fully saturated rings. The van der Waals surface area contributed by atoms with E-state index in [1.807, 2.05) is 17.8 Å². The molecule has 1 saturated heterocycles. The van der Waals surface area contributed by atoms with Crippen LogP contribution in [0.1, 0.15) is 19.0 Å². The molecule has 0 aromatic carbocycles. The van der Waals surface area contributed by atoms with Crippen molar-refractivity contribution in [1.29, 1.82) is 0 Å². The van der Waals surface area contributed by atoms with E-state index in [1.165, 1.54) is 17.3 Å². The average molecular weight is 251 g/mol. The van der Waals surface area contributed by atoms with Gasteiger partial charge in [-0.2, -0.15) is 5.10 Å². The first-order valence-electron chi connectivity index (χ1n) is 5.73. The lowest BCUT2D eigenvalue weighted by atomic mass is 10.0. The van der Waals surface area contributed by atoms with Gasteiger partial charge in [-0.05, 0) is 30.7 Å². The highest BCUT2D eigenvalue weighted by Crippen LogP contribution is 2.26. The van der Waals surface area contributed by atoms with Crippen LogP contribution in [-0.2, 0) is 11.8 Å². The second kappa shape index (κ2) is 5.51. The van der Waals surface area contributed by atoms with Crippen molar-refractivity contribution in [2.24, 2.45) is 7.05 Å². The van der Waals surface area contributed by atoms with E-state index in [-0.39, 0.29) is 5.12 Å². The monoisotopic (exact) mass is 251 g/mol. The van der Waals surface area contributed by atoms with Crippen LogP contribution in [0.25, 0.3) is 6.08 Å². The van der Waals surface area contributed by atoms with Crippen LogP contribution in [0.4, 0.5) is 0 Å². The van der Waals surface area contributed by atoms with Crippen molar-refractivity contribution in [3.05, 3.63) is 23.5 Å². The van der Waals surface area contributed by atoms with Gasteiger partial charge in [-0.25, -0.2) is 0 Å². The number of carbonyl (C=O) groups excluding carboxylic acids is 1. The van der Waals surface area contributed by atoms with Crippen molar-refractivity contribution in [2.45, 2.75) is 18.6 Å². The normalized spacial score (nSPS) is 22.9. The van der Waals surface area contributed by atoms with Gasteiger partial charge in [0.2, 0.25) is 0 Å². The van der Waals surface area contributed by atoms with Gasteiger partial charge in [-0.3, -0.25) is 9.48 Å². The van der Waals surface area contributed by atoms with Gasteiger partial charge in [0.05, 0.1) is 5.69 Å². The maximum atomic E-state index is 11.2. The molecule has 5 heteroatoms. The number of rotatable bonds is 2. The molecule has 1 unspecified atom stereocenters. The first-order chi connectivity index (χ1) is 8.16. The second-order valence-electron chi connectivity index (χ2n) is 4.16. The van der Waals surface area contributed by atoms with Gasteiger partial charge in [-0.1, -0.05) is 11.8 Å². The lowest BCUT2D eigenvalue weighted by Gasteiger charge is -2.24. The van der Waals surface area contributed by atoms with Crippen LogP contribution in [-0.4, -0.2) is 33.2 Å². The summed E-state index contributed by atoms with van der Waals surface area (Å²) in [5, 5.41) is 7.99. The molecule has 1 aromatic heterocycles. The lowest BCUT2D eigenvalue weighted by molar-refractivity contribution is -0.109. The maximum absolute atomic E-state index is 11.2. The van der Waals surface area contributed by atoms with Gasteiger partial charge in [0.25, 0.3) is 0 Å². The largest absolute Gasteiger partial charge is 0.313 e. The minimum atomic E-state index is 0.188. The number of hydrogen-bond donors (Lipinski definition) is 1. The Hall–Kier alpha value is -1.07. The van der Waals surface area contributed by atoms with Gasteiger partial charge in [-0.15, -0.1) is 0 Å². The van der Waals surface area contributed by atoms with E-state index in [9.17, 15) is 4.79 Å². The number of piperidine rings is 1. The van der Waals surface area contributed by atoms with E-state index in [1.54, 1.807) is 13.1 Å². The van der Waals surface area contributed by atoms with Crippen LogP contribution in [0.15, 0.2) is 17.8 Å². The van der Waals surface area contributed by atoms with Crippen molar-refractivity contribution >= 4 is 23.0 Å². The number of carbonyl (C=O) groups is 1. The Morgan fingerprint density at radius 3 is 3.18 bits per heavy atom. The number of aryl methyl sites for hydroxylation is 1. The molecule has 92 valence electrons. The fourth-order valence-corrected chi connectivity index (χ4v) is 2.90. The SMILES string of the molecule is CC(=O)SC1CCNC/C1=C\c1ccnn1C. The highest BCUT2D eigenvalue weighted by Gasteiger charge is 2.20. The molecule has 0 aliphatic carbocycles. The molecule has 2 rings (SSSR count). The van der Waals surface area contributed by atoms with E-state index in [2.05, 4.69) is 16.5 Å². The van der Waals surface area contributed by atoms with Gasteiger partial charge >= 0.3 is 0 Å². The smallest absolute Gasteiger partial charge is 0.186 e. The molecule has 4 nitrogen and oxygen atoms in total. The Labute approximate surface area is 105 Å². The van der Waals surface area contributed by atoms with Crippen molar-refractivity contribution < 1.29 is 4.79 Å². The fourth-order valence-electron chi connectivity index (χ4n) is 1.96. The summed E-state index contributed by atoms with van der Waals surface area (Å²) in [5.41, 5.74) is 2.36. The standard InChI is InChI=1S/C12H17N3OS/c1-9(16)17-12-4-5-13-8-10(12)7-11-3-6-14-15(11)2/h3,6-7,12-13H,4-5,8H2,1-2H3/b10-7+. The molecule has 1 N–H and O–H groups in total. The lowest BCUT2D eigenvalue weighted by Crippen LogP contribution is -2.32. The minimum absolute atomic E-state index is 0.188. The highest BCUT2D eigenvalue weighted by molar-refractivity contribution is 8.14. The number of aromatic nitrogens is 2. The minimum Gasteiger partial charge on any atom is -0.313 e. The van der Waals surface area contributed by atoms with Gasteiger partial charge < -0.3 is 5.32 Å². The summed E-state index contributed by atoms with van der Waals surface area (Å²) >= 11 is 1.43. The first-order valence-corrected chi connectivity index (χ1v) is 6.61. The molecule has 0 radical (unpaired) electrons. The zero-order chi connectivity index (χ0) is 12.3. The summed E-state index contributed by atoms with van der Waals surface area (Å²) in [4.78, 5) is 11.2. The molecule has 1 atom stereocenters. The van der Waals surface area contributed by atoms with Crippen molar-refractivity contribution in [1.82, 2.24) is 15.1 Å². The molecular weight excluding hydrogens is 234 g/mol. The van der Waals surface area contributed by atoms with Gasteiger partial charge in [0.1, 0.15) is 0 Å². The van der Waals surface area contributed by atoms with Gasteiger partial charge in [0.15, 0.2) is 5.12 Å². The van der Waals surface area contributed by atoms with E-state index >= 15 is 0 Å². The Morgan fingerprint density at radius 2 is 2.53 bits per heavy atom. The summed E-state index contributed by atoms with van der Waals surface area (Å²) in [6, 6.07) is 1.98. The molecular formula is C12H17N3OS. The van der Waals surface area contributed by atoms with Crippen LogP contribution in [0.2, 0.25) is 0 Å². The molecule has 17 heavy (non-hydrogen) atoms. The summed E-state index contributed by atoms with van der Waals surface area (Å²) in [5.74, 6) is 0. The summed E-state index contributed by atoms with van der Waals surface area (Å²) in [6.07, 6.45) is 4.93. The number of nitrogens with zero attached hydrogens (tertiary/aromatic N) is 2. The third kappa shape index (κ3) is 3.20. The molecule has 1 aliphatic heterocycles. The Kier molecular flexibility index (Phi) is 4.02. The van der Waals surface area contributed by atoms with Crippen LogP contribution in [0, 0.1) is 0 Å². The molecule has 0 amide bonds. The third-order valence-electron chi connectivity index (χ3n) is 2.83. The quantitative estimate of drug-likeness (QED) is 0.864.